The molecule has 65 heavy (non-hydrogen) atoms. The van der Waals surface area contributed by atoms with Crippen LogP contribution in [0.4, 0.5) is 17.1 Å². The number of benzene rings is 11. The molecule has 0 saturated heterocycles. The zero-order chi connectivity index (χ0) is 42.8. The molecule has 304 valence electrons. The summed E-state index contributed by atoms with van der Waals surface area (Å²) in [5.74, 6) is 0. The number of fused-ring (bicyclic) bond motifs is 9. The highest BCUT2D eigenvalue weighted by atomic mass is 16.3. The molecular formula is C62H40N2O. The highest BCUT2D eigenvalue weighted by molar-refractivity contribution is 6.10. The Kier molecular flexibility index (Phi) is 8.53. The first-order valence-corrected chi connectivity index (χ1v) is 22.2. The Balaban J connectivity index is 0.890. The topological polar surface area (TPSA) is 21.3 Å². The third-order valence-corrected chi connectivity index (χ3v) is 13.2. The number of anilines is 3. The number of hydrogen-bond donors (Lipinski definition) is 0. The third kappa shape index (κ3) is 6.20. The standard InChI is InChI=1S/C62H40N2O/c1-2-15-51-42(12-1)24-25-45-39-50(35-37-54(45)51)63(47-31-26-41(27-32-47)44-13-11-14-49(38-44)64-59-21-8-5-18-55(59)56-19-6-9-22-60(56)64)48-33-28-43(29-34-48)52-16-3-4-17-53(52)46-30-36-58-57-20-7-10-23-61(57)65-62(58)40-46/h1-40H. The Morgan fingerprint density at radius 2 is 0.831 bits per heavy atom. The van der Waals surface area contributed by atoms with E-state index in [-0.39, 0.29) is 0 Å². The minimum Gasteiger partial charge on any atom is -0.456 e. The molecule has 2 aromatic heterocycles. The van der Waals surface area contributed by atoms with Crippen molar-refractivity contribution in [1.29, 1.82) is 0 Å². The van der Waals surface area contributed by atoms with Crippen LogP contribution in [0.2, 0.25) is 0 Å². The lowest BCUT2D eigenvalue weighted by Gasteiger charge is -2.26. The van der Waals surface area contributed by atoms with Crippen LogP contribution in [0.25, 0.3) is 104 Å². The molecule has 3 nitrogen and oxygen atoms in total. The van der Waals surface area contributed by atoms with Gasteiger partial charge in [0.1, 0.15) is 11.2 Å². The highest BCUT2D eigenvalue weighted by Crippen LogP contribution is 2.42. The van der Waals surface area contributed by atoms with Crippen molar-refractivity contribution in [3.63, 3.8) is 0 Å². The van der Waals surface area contributed by atoms with Crippen LogP contribution in [0.3, 0.4) is 0 Å². The molecule has 13 rings (SSSR count). The molecule has 0 aliphatic carbocycles. The summed E-state index contributed by atoms with van der Waals surface area (Å²) in [7, 11) is 0. The lowest BCUT2D eigenvalue weighted by molar-refractivity contribution is 0.669. The van der Waals surface area contributed by atoms with Crippen molar-refractivity contribution < 1.29 is 4.42 Å². The van der Waals surface area contributed by atoms with E-state index in [1.807, 2.05) is 12.1 Å². The molecule has 0 spiro atoms. The Labute approximate surface area is 376 Å². The van der Waals surface area contributed by atoms with Crippen LogP contribution in [0.15, 0.2) is 247 Å². The van der Waals surface area contributed by atoms with Crippen LogP contribution in [0.5, 0.6) is 0 Å². The summed E-state index contributed by atoms with van der Waals surface area (Å²) in [6, 6.07) is 87.8. The van der Waals surface area contributed by atoms with Gasteiger partial charge in [0.15, 0.2) is 0 Å². The van der Waals surface area contributed by atoms with Crippen molar-refractivity contribution in [2.45, 2.75) is 0 Å². The molecule has 0 amide bonds. The number of nitrogens with zero attached hydrogens (tertiary/aromatic N) is 2. The molecule has 0 aliphatic heterocycles. The number of furan rings is 1. The normalized spacial score (nSPS) is 11.7. The smallest absolute Gasteiger partial charge is 0.136 e. The van der Waals surface area contributed by atoms with Crippen molar-refractivity contribution >= 4 is 82.4 Å². The van der Waals surface area contributed by atoms with E-state index in [1.165, 1.54) is 60.0 Å². The van der Waals surface area contributed by atoms with E-state index < -0.39 is 0 Å². The summed E-state index contributed by atoms with van der Waals surface area (Å²) >= 11 is 0. The molecule has 0 unspecified atom stereocenters. The lowest BCUT2D eigenvalue weighted by Crippen LogP contribution is -2.10. The minimum atomic E-state index is 0.898. The second-order valence-corrected chi connectivity index (χ2v) is 16.9. The van der Waals surface area contributed by atoms with Crippen LogP contribution in [0.1, 0.15) is 0 Å². The van der Waals surface area contributed by atoms with E-state index in [0.29, 0.717) is 0 Å². The van der Waals surface area contributed by atoms with Crippen molar-refractivity contribution in [2.24, 2.45) is 0 Å². The summed E-state index contributed by atoms with van der Waals surface area (Å²) in [6.45, 7) is 0. The minimum absolute atomic E-state index is 0.898. The quantitative estimate of drug-likeness (QED) is 0.149. The maximum absolute atomic E-state index is 6.31. The third-order valence-electron chi connectivity index (χ3n) is 13.2. The van der Waals surface area contributed by atoms with Crippen molar-refractivity contribution in [2.75, 3.05) is 4.90 Å². The van der Waals surface area contributed by atoms with Gasteiger partial charge in [-0.2, -0.15) is 0 Å². The van der Waals surface area contributed by atoms with Crippen LogP contribution in [-0.4, -0.2) is 4.57 Å². The van der Waals surface area contributed by atoms with Crippen molar-refractivity contribution in [3.05, 3.63) is 243 Å². The fraction of sp³-hybridized carbons (Fsp3) is 0. The van der Waals surface area contributed by atoms with Crippen molar-refractivity contribution in [3.8, 4) is 39.1 Å². The first-order valence-electron chi connectivity index (χ1n) is 22.2. The van der Waals surface area contributed by atoms with Gasteiger partial charge in [-0.15, -0.1) is 0 Å². The van der Waals surface area contributed by atoms with Gasteiger partial charge in [0, 0.05) is 44.3 Å². The first kappa shape index (κ1) is 36.9. The molecular weight excluding hydrogens is 789 g/mol. The monoisotopic (exact) mass is 828 g/mol. The SMILES string of the molecule is c1cc(-c2ccc(N(c3ccc(-c4ccccc4-c4ccc5c(c4)oc4ccccc45)cc3)c3ccc4c(ccc5ccccc54)c3)cc2)cc(-n2c3ccccc3c3ccccc32)c1. The molecule has 11 aromatic carbocycles. The van der Waals surface area contributed by atoms with Gasteiger partial charge in [-0.05, 0) is 134 Å². The Bertz CT molecular complexity index is 3900. The van der Waals surface area contributed by atoms with Gasteiger partial charge in [0.05, 0.1) is 11.0 Å². The molecule has 0 N–H and O–H groups in total. The Morgan fingerprint density at radius 3 is 1.58 bits per heavy atom. The number of para-hydroxylation sites is 3. The second-order valence-electron chi connectivity index (χ2n) is 16.9. The van der Waals surface area contributed by atoms with Gasteiger partial charge in [-0.1, -0.05) is 164 Å². The van der Waals surface area contributed by atoms with Crippen molar-refractivity contribution in [1.82, 2.24) is 4.57 Å². The molecule has 0 saturated carbocycles. The molecule has 0 aliphatic rings. The molecule has 0 atom stereocenters. The van der Waals surface area contributed by atoms with E-state index >= 15 is 0 Å². The fourth-order valence-corrected chi connectivity index (χ4v) is 10.1. The average molecular weight is 829 g/mol. The summed E-state index contributed by atoms with van der Waals surface area (Å²) in [6.07, 6.45) is 0. The van der Waals surface area contributed by atoms with Gasteiger partial charge < -0.3 is 13.9 Å². The highest BCUT2D eigenvalue weighted by Gasteiger charge is 2.17. The predicted molar refractivity (Wildman–Crippen MR) is 274 cm³/mol. The molecule has 0 fully saturated rings. The predicted octanol–water partition coefficient (Wildman–Crippen LogP) is 17.5. The lowest BCUT2D eigenvalue weighted by atomic mass is 9.94. The Hall–Kier alpha value is -8.66. The van der Waals surface area contributed by atoms with E-state index in [0.717, 1.165) is 61.4 Å². The van der Waals surface area contributed by atoms with Crippen LogP contribution in [0, 0.1) is 0 Å². The van der Waals surface area contributed by atoms with Gasteiger partial charge in [0.2, 0.25) is 0 Å². The second kappa shape index (κ2) is 15.0. The first-order chi connectivity index (χ1) is 32.2. The number of aromatic nitrogens is 1. The van der Waals surface area contributed by atoms with Crippen LogP contribution >= 0.6 is 0 Å². The van der Waals surface area contributed by atoms with E-state index in [4.69, 9.17) is 4.42 Å². The summed E-state index contributed by atoms with van der Waals surface area (Å²) in [5, 5.41) is 9.76. The van der Waals surface area contributed by atoms with Gasteiger partial charge >= 0.3 is 0 Å². The van der Waals surface area contributed by atoms with E-state index in [1.54, 1.807) is 0 Å². The van der Waals surface area contributed by atoms with Crippen LogP contribution < -0.4 is 4.90 Å². The summed E-state index contributed by atoms with van der Waals surface area (Å²) in [4.78, 5) is 2.37. The van der Waals surface area contributed by atoms with Gasteiger partial charge in [-0.25, -0.2) is 0 Å². The number of rotatable bonds is 7. The fourth-order valence-electron chi connectivity index (χ4n) is 10.1. The van der Waals surface area contributed by atoms with E-state index in [9.17, 15) is 0 Å². The average Bonchev–Trinajstić information content (AvgIpc) is 3.92. The summed E-state index contributed by atoms with van der Waals surface area (Å²) in [5.41, 5.74) is 15.6. The molecule has 0 radical (unpaired) electrons. The Morgan fingerprint density at radius 1 is 0.292 bits per heavy atom. The maximum atomic E-state index is 6.31. The largest absolute Gasteiger partial charge is 0.456 e. The molecule has 13 aromatic rings. The van der Waals surface area contributed by atoms with Crippen LogP contribution in [-0.2, 0) is 0 Å². The number of hydrogen-bond acceptors (Lipinski definition) is 2. The molecule has 2 heterocycles. The zero-order valence-electron chi connectivity index (χ0n) is 35.4. The molecule has 0 bridgehead atoms. The molecule has 3 heteroatoms. The maximum Gasteiger partial charge on any atom is 0.136 e. The van der Waals surface area contributed by atoms with Gasteiger partial charge in [0.25, 0.3) is 0 Å². The van der Waals surface area contributed by atoms with E-state index in [2.05, 4.69) is 240 Å². The summed E-state index contributed by atoms with van der Waals surface area (Å²) < 4.78 is 8.69. The zero-order valence-corrected chi connectivity index (χ0v) is 35.4. The van der Waals surface area contributed by atoms with Gasteiger partial charge in [-0.3, -0.25) is 0 Å².